The number of alkyl carbamates (subject to hydrolysis) is 1. The molecule has 0 bridgehead atoms. The first kappa shape index (κ1) is 24.2. The highest BCUT2D eigenvalue weighted by Crippen LogP contribution is 2.24. The largest absolute Gasteiger partial charge is 0.508 e. The number of nitrogens with one attached hydrogen (secondary N) is 2. The second-order valence-electron chi connectivity index (χ2n) is 7.83. The van der Waals surface area contributed by atoms with Gasteiger partial charge in [-0.05, 0) is 52.3 Å². The lowest BCUT2D eigenvalue weighted by Gasteiger charge is -2.31. The van der Waals surface area contributed by atoms with Crippen molar-refractivity contribution in [1.29, 1.82) is 0 Å². The third-order valence-corrected chi connectivity index (χ3v) is 3.62. The van der Waals surface area contributed by atoms with E-state index in [4.69, 9.17) is 4.74 Å². The van der Waals surface area contributed by atoms with Crippen LogP contribution in [0.15, 0.2) is 24.3 Å². The summed E-state index contributed by atoms with van der Waals surface area (Å²) in [6, 6.07) is 4.70. The molecular formula is C20H31N3O6. The smallest absolute Gasteiger partial charge is 0.408 e. The van der Waals surface area contributed by atoms with E-state index in [1.165, 1.54) is 12.1 Å². The van der Waals surface area contributed by atoms with Gasteiger partial charge in [0.15, 0.2) is 0 Å². The van der Waals surface area contributed by atoms with Gasteiger partial charge < -0.3 is 30.5 Å². The molecule has 0 heterocycles. The Morgan fingerprint density at radius 3 is 2.38 bits per heavy atom. The molecule has 0 saturated heterocycles. The zero-order valence-corrected chi connectivity index (χ0v) is 17.6. The monoisotopic (exact) mass is 409 g/mol. The number of hydrogen-bond donors (Lipinski definition) is 4. The molecule has 1 aromatic carbocycles. The Hall–Kier alpha value is -2.81. The van der Waals surface area contributed by atoms with Crippen LogP contribution < -0.4 is 10.6 Å². The maximum absolute atomic E-state index is 12.8. The molecule has 3 amide bonds. The van der Waals surface area contributed by atoms with Gasteiger partial charge in [0.1, 0.15) is 23.9 Å². The first-order valence-electron chi connectivity index (χ1n) is 9.41. The first-order valence-corrected chi connectivity index (χ1v) is 9.41. The summed E-state index contributed by atoms with van der Waals surface area (Å²) in [7, 11) is 0. The fourth-order valence-corrected chi connectivity index (χ4v) is 2.60. The summed E-state index contributed by atoms with van der Waals surface area (Å²) in [6.45, 7) is 7.70. The maximum atomic E-state index is 12.8. The Kier molecular flexibility index (Phi) is 8.90. The molecule has 4 N–H and O–H groups in total. The standard InChI is InChI=1S/C20H31N3O6/c1-13(2)22-18(27)17(14-7-6-8-15(25)11-14)23(9-10-24)16(26)12-21-19(28)29-20(3,4)5/h6-8,11,13,17,24-25H,9-10,12H2,1-5H3,(H,21,28)(H,22,27). The average Bonchev–Trinajstić information content (AvgIpc) is 2.57. The van der Waals surface area contributed by atoms with E-state index in [2.05, 4.69) is 10.6 Å². The predicted octanol–water partition coefficient (Wildman–Crippen LogP) is 1.30. The van der Waals surface area contributed by atoms with Gasteiger partial charge in [-0.1, -0.05) is 12.1 Å². The highest BCUT2D eigenvalue weighted by molar-refractivity contribution is 5.90. The SMILES string of the molecule is CC(C)NC(=O)C(c1cccc(O)c1)N(CCO)C(=O)CNC(=O)OC(C)(C)C. The lowest BCUT2D eigenvalue weighted by molar-refractivity contribution is -0.141. The number of aliphatic hydroxyl groups is 1. The second kappa shape index (κ2) is 10.7. The summed E-state index contributed by atoms with van der Waals surface area (Å²) in [5.41, 5.74) is -0.346. The van der Waals surface area contributed by atoms with Crippen LogP contribution in [0, 0.1) is 0 Å². The molecule has 0 aliphatic rings. The van der Waals surface area contributed by atoms with Crippen molar-refractivity contribution in [2.75, 3.05) is 19.7 Å². The number of ether oxygens (including phenoxy) is 1. The Bertz CT molecular complexity index is 714. The molecular weight excluding hydrogens is 378 g/mol. The summed E-state index contributed by atoms with van der Waals surface area (Å²) in [6.07, 6.45) is -0.768. The first-order chi connectivity index (χ1) is 13.4. The summed E-state index contributed by atoms with van der Waals surface area (Å²) in [4.78, 5) is 38.6. The molecule has 9 nitrogen and oxygen atoms in total. The minimum absolute atomic E-state index is 0.0619. The van der Waals surface area contributed by atoms with Gasteiger partial charge in [-0.15, -0.1) is 0 Å². The van der Waals surface area contributed by atoms with Gasteiger partial charge >= 0.3 is 6.09 Å². The zero-order chi connectivity index (χ0) is 22.2. The summed E-state index contributed by atoms with van der Waals surface area (Å²) in [5.74, 6) is -1.12. The fraction of sp³-hybridized carbons (Fsp3) is 0.550. The number of benzene rings is 1. The van der Waals surface area contributed by atoms with Crippen LogP contribution >= 0.6 is 0 Å². The molecule has 0 aromatic heterocycles. The second-order valence-corrected chi connectivity index (χ2v) is 7.83. The lowest BCUT2D eigenvalue weighted by atomic mass is 10.0. The van der Waals surface area contributed by atoms with Crippen LogP contribution in [-0.2, 0) is 14.3 Å². The normalized spacial score (nSPS) is 12.2. The Balaban J connectivity index is 3.10. The van der Waals surface area contributed by atoms with E-state index in [1.807, 2.05) is 0 Å². The fourth-order valence-electron chi connectivity index (χ4n) is 2.60. The molecule has 1 atom stereocenters. The molecule has 0 aliphatic carbocycles. The lowest BCUT2D eigenvalue weighted by Crippen LogP contribution is -2.49. The molecule has 29 heavy (non-hydrogen) atoms. The average molecular weight is 409 g/mol. The predicted molar refractivity (Wildman–Crippen MR) is 107 cm³/mol. The number of carbonyl (C=O) groups is 3. The molecule has 1 aromatic rings. The van der Waals surface area contributed by atoms with Gasteiger partial charge in [0.25, 0.3) is 0 Å². The topological polar surface area (TPSA) is 128 Å². The van der Waals surface area contributed by atoms with E-state index in [1.54, 1.807) is 46.8 Å². The van der Waals surface area contributed by atoms with E-state index < -0.39 is 36.1 Å². The van der Waals surface area contributed by atoms with Crippen molar-refractivity contribution < 1.29 is 29.3 Å². The van der Waals surface area contributed by atoms with Gasteiger partial charge in [-0.25, -0.2) is 4.79 Å². The van der Waals surface area contributed by atoms with E-state index in [9.17, 15) is 24.6 Å². The van der Waals surface area contributed by atoms with Gasteiger partial charge in [0.05, 0.1) is 6.61 Å². The minimum atomic E-state index is -1.09. The van der Waals surface area contributed by atoms with Crippen molar-refractivity contribution in [3.05, 3.63) is 29.8 Å². The quantitative estimate of drug-likeness (QED) is 0.512. The molecule has 0 radical (unpaired) electrons. The van der Waals surface area contributed by atoms with Crippen LogP contribution in [0.5, 0.6) is 5.75 Å². The number of amides is 3. The number of hydrogen-bond acceptors (Lipinski definition) is 6. The van der Waals surface area contributed by atoms with Crippen LogP contribution in [0.25, 0.3) is 0 Å². The summed E-state index contributed by atoms with van der Waals surface area (Å²) in [5, 5.41) is 24.3. The Morgan fingerprint density at radius 1 is 1.21 bits per heavy atom. The number of phenols is 1. The molecule has 0 spiro atoms. The minimum Gasteiger partial charge on any atom is -0.508 e. The number of carbonyl (C=O) groups excluding carboxylic acids is 3. The summed E-state index contributed by atoms with van der Waals surface area (Å²) < 4.78 is 5.11. The highest BCUT2D eigenvalue weighted by Gasteiger charge is 2.32. The number of aromatic hydroxyl groups is 1. The highest BCUT2D eigenvalue weighted by atomic mass is 16.6. The van der Waals surface area contributed by atoms with Crippen molar-refractivity contribution in [1.82, 2.24) is 15.5 Å². The zero-order valence-electron chi connectivity index (χ0n) is 17.6. The van der Waals surface area contributed by atoms with E-state index in [-0.39, 0.29) is 24.9 Å². The number of nitrogens with zero attached hydrogens (tertiary/aromatic N) is 1. The summed E-state index contributed by atoms with van der Waals surface area (Å²) >= 11 is 0. The van der Waals surface area contributed by atoms with Crippen molar-refractivity contribution >= 4 is 17.9 Å². The van der Waals surface area contributed by atoms with Crippen LogP contribution in [0.3, 0.4) is 0 Å². The molecule has 0 aliphatic heterocycles. The molecule has 1 rings (SSSR count). The van der Waals surface area contributed by atoms with E-state index in [0.29, 0.717) is 5.56 Å². The van der Waals surface area contributed by atoms with Crippen molar-refractivity contribution in [3.63, 3.8) is 0 Å². The third-order valence-electron chi connectivity index (χ3n) is 3.62. The van der Waals surface area contributed by atoms with E-state index in [0.717, 1.165) is 4.90 Å². The molecule has 162 valence electrons. The molecule has 0 saturated carbocycles. The number of phenolic OH excluding ortho intramolecular Hbond substituents is 1. The van der Waals surface area contributed by atoms with Crippen molar-refractivity contribution in [2.24, 2.45) is 0 Å². The van der Waals surface area contributed by atoms with Crippen LogP contribution in [0.1, 0.15) is 46.2 Å². The van der Waals surface area contributed by atoms with Gasteiger partial charge in [0.2, 0.25) is 11.8 Å². The molecule has 1 unspecified atom stereocenters. The Labute approximate surface area is 171 Å². The van der Waals surface area contributed by atoms with Gasteiger partial charge in [-0.2, -0.15) is 0 Å². The van der Waals surface area contributed by atoms with Crippen LogP contribution in [0.2, 0.25) is 0 Å². The Morgan fingerprint density at radius 2 is 1.86 bits per heavy atom. The van der Waals surface area contributed by atoms with Crippen molar-refractivity contribution in [3.8, 4) is 5.75 Å². The third kappa shape index (κ3) is 8.39. The molecule has 9 heteroatoms. The molecule has 0 fully saturated rings. The van der Waals surface area contributed by atoms with E-state index >= 15 is 0 Å². The number of aliphatic hydroxyl groups excluding tert-OH is 1. The van der Waals surface area contributed by atoms with Crippen LogP contribution in [-0.4, -0.2) is 64.4 Å². The van der Waals surface area contributed by atoms with Gasteiger partial charge in [0, 0.05) is 12.6 Å². The van der Waals surface area contributed by atoms with Crippen LogP contribution in [0.4, 0.5) is 4.79 Å². The maximum Gasteiger partial charge on any atom is 0.408 e. The van der Waals surface area contributed by atoms with Crippen molar-refractivity contribution in [2.45, 2.75) is 52.3 Å². The number of rotatable bonds is 8. The van der Waals surface area contributed by atoms with Gasteiger partial charge in [-0.3, -0.25) is 9.59 Å².